The van der Waals surface area contributed by atoms with E-state index in [0.717, 1.165) is 9.35 Å². The fraction of sp³-hybridized carbons (Fsp3) is 0.0625. The number of benzene rings is 1. The van der Waals surface area contributed by atoms with Gasteiger partial charge in [-0.25, -0.2) is 0 Å². The largest absolute Gasteiger partial charge is 0.279 e. The fourth-order valence-electron chi connectivity index (χ4n) is 2.03. The van der Waals surface area contributed by atoms with Gasteiger partial charge in [0.1, 0.15) is 0 Å². The van der Waals surface area contributed by atoms with E-state index in [1.807, 2.05) is 24.4 Å². The predicted octanol–water partition coefficient (Wildman–Crippen LogP) is 2.83. The van der Waals surface area contributed by atoms with Crippen LogP contribution in [0.4, 0.5) is 0 Å². The van der Waals surface area contributed by atoms with E-state index in [0.29, 0.717) is 17.0 Å². The van der Waals surface area contributed by atoms with E-state index < -0.39 is 0 Å². The Labute approximate surface area is 150 Å². The third-order valence-electron chi connectivity index (χ3n) is 3.21. The van der Waals surface area contributed by atoms with Crippen LogP contribution < -0.4 is 10.9 Å². The highest BCUT2D eigenvalue weighted by Crippen LogP contribution is 2.21. The number of hydrogen-bond donors (Lipinski definition) is 2. The molecule has 2 aromatic heterocycles. The Hall–Kier alpha value is -2.45. The molecule has 0 radical (unpaired) electrons. The highest BCUT2D eigenvalue weighted by atomic mass is 79.9. The Morgan fingerprint density at radius 2 is 1.83 bits per heavy atom. The topological polar surface area (TPSA) is 76.0 Å². The number of rotatable bonds is 4. The average molecular weight is 405 g/mol. The molecule has 0 atom stereocenters. The number of hydrazine groups is 1. The van der Waals surface area contributed by atoms with Crippen molar-refractivity contribution >= 4 is 39.1 Å². The maximum atomic E-state index is 12.1. The molecule has 0 fully saturated rings. The summed E-state index contributed by atoms with van der Waals surface area (Å²) in [5.41, 5.74) is 6.30. The van der Waals surface area contributed by atoms with E-state index in [1.54, 1.807) is 35.1 Å². The van der Waals surface area contributed by atoms with Crippen LogP contribution in [0.1, 0.15) is 25.6 Å². The Kier molecular flexibility index (Phi) is 5.07. The van der Waals surface area contributed by atoms with E-state index in [9.17, 15) is 9.59 Å². The standard InChI is InChI=1S/C16H13BrN4O2S/c17-14-7-6-13(24-14)16(23)20-19-15(22)12-4-2-11(3-5-12)10-21-9-1-8-18-21/h1-9H,10H2,(H,19,22)(H,20,23). The van der Waals surface area contributed by atoms with Gasteiger partial charge in [-0.2, -0.15) is 5.10 Å². The summed E-state index contributed by atoms with van der Waals surface area (Å²) in [6.45, 7) is 0.638. The van der Waals surface area contributed by atoms with Gasteiger partial charge in [-0.05, 0) is 51.8 Å². The van der Waals surface area contributed by atoms with Gasteiger partial charge in [0.25, 0.3) is 11.8 Å². The van der Waals surface area contributed by atoms with Crippen molar-refractivity contribution in [3.8, 4) is 0 Å². The molecule has 2 amide bonds. The summed E-state index contributed by atoms with van der Waals surface area (Å²) in [4.78, 5) is 24.5. The minimum Gasteiger partial charge on any atom is -0.268 e. The lowest BCUT2D eigenvalue weighted by Crippen LogP contribution is -2.41. The first-order valence-electron chi connectivity index (χ1n) is 7.04. The molecule has 6 nitrogen and oxygen atoms in total. The van der Waals surface area contributed by atoms with Gasteiger partial charge in [0.2, 0.25) is 0 Å². The van der Waals surface area contributed by atoms with Crippen LogP contribution >= 0.6 is 27.3 Å². The number of carbonyl (C=O) groups excluding carboxylic acids is 2. The highest BCUT2D eigenvalue weighted by molar-refractivity contribution is 9.11. The van der Waals surface area contributed by atoms with E-state index in [4.69, 9.17) is 0 Å². The van der Waals surface area contributed by atoms with Crippen LogP contribution in [0.5, 0.6) is 0 Å². The SMILES string of the molecule is O=C(NNC(=O)c1ccc(Br)s1)c1ccc(Cn2cccn2)cc1. The Bertz CT molecular complexity index is 843. The predicted molar refractivity (Wildman–Crippen MR) is 94.7 cm³/mol. The molecule has 3 aromatic rings. The summed E-state index contributed by atoms with van der Waals surface area (Å²) in [5, 5.41) is 4.14. The van der Waals surface area contributed by atoms with Crippen LogP contribution in [0.3, 0.4) is 0 Å². The zero-order valence-electron chi connectivity index (χ0n) is 12.4. The number of nitrogens with one attached hydrogen (secondary N) is 2. The molecule has 8 heteroatoms. The summed E-state index contributed by atoms with van der Waals surface area (Å²) in [6, 6.07) is 12.4. The molecule has 0 saturated heterocycles. The number of nitrogens with zero attached hydrogens (tertiary/aromatic N) is 2. The molecule has 2 N–H and O–H groups in total. The molecule has 0 aliphatic rings. The number of carbonyl (C=O) groups is 2. The van der Waals surface area contributed by atoms with E-state index >= 15 is 0 Å². The molecule has 0 aliphatic carbocycles. The summed E-state index contributed by atoms with van der Waals surface area (Å²) >= 11 is 4.58. The lowest BCUT2D eigenvalue weighted by Gasteiger charge is -2.07. The Balaban J connectivity index is 1.56. The molecule has 0 spiro atoms. The Morgan fingerprint density at radius 3 is 2.46 bits per heavy atom. The molecule has 122 valence electrons. The summed E-state index contributed by atoms with van der Waals surface area (Å²) in [5.74, 6) is -0.723. The summed E-state index contributed by atoms with van der Waals surface area (Å²) in [7, 11) is 0. The van der Waals surface area contributed by atoms with Crippen LogP contribution in [0.15, 0.2) is 58.6 Å². The molecule has 0 unspecified atom stereocenters. The van der Waals surface area contributed by atoms with Gasteiger partial charge in [-0.3, -0.25) is 25.1 Å². The van der Waals surface area contributed by atoms with E-state index in [1.165, 1.54) is 11.3 Å². The first-order chi connectivity index (χ1) is 11.6. The number of amides is 2. The molecule has 1 aromatic carbocycles. The molecular weight excluding hydrogens is 392 g/mol. The van der Waals surface area contributed by atoms with Crippen LogP contribution in [-0.2, 0) is 6.54 Å². The van der Waals surface area contributed by atoms with Gasteiger partial charge >= 0.3 is 0 Å². The molecule has 2 heterocycles. The van der Waals surface area contributed by atoms with Gasteiger partial charge in [-0.1, -0.05) is 12.1 Å². The van der Waals surface area contributed by atoms with Crippen LogP contribution in [-0.4, -0.2) is 21.6 Å². The van der Waals surface area contributed by atoms with Gasteiger partial charge < -0.3 is 0 Å². The Morgan fingerprint density at radius 1 is 1.08 bits per heavy atom. The number of hydrogen-bond acceptors (Lipinski definition) is 4. The van der Waals surface area contributed by atoms with Crippen molar-refractivity contribution < 1.29 is 9.59 Å². The average Bonchev–Trinajstić information content (AvgIpc) is 3.24. The van der Waals surface area contributed by atoms with Gasteiger partial charge in [-0.15, -0.1) is 11.3 Å². The molecular formula is C16H13BrN4O2S. The highest BCUT2D eigenvalue weighted by Gasteiger charge is 2.11. The van der Waals surface area contributed by atoms with Crippen molar-refractivity contribution in [2.24, 2.45) is 0 Å². The lowest BCUT2D eigenvalue weighted by molar-refractivity contribution is 0.0849. The van der Waals surface area contributed by atoms with Crippen LogP contribution in [0, 0.1) is 0 Å². The summed E-state index contributed by atoms with van der Waals surface area (Å²) < 4.78 is 2.65. The normalized spacial score (nSPS) is 10.4. The van der Waals surface area contributed by atoms with Crippen LogP contribution in [0.2, 0.25) is 0 Å². The molecule has 3 rings (SSSR count). The minimum absolute atomic E-state index is 0.352. The maximum absolute atomic E-state index is 12.1. The lowest BCUT2D eigenvalue weighted by atomic mass is 10.1. The molecule has 0 bridgehead atoms. The molecule has 0 saturated carbocycles. The number of halogens is 1. The number of aromatic nitrogens is 2. The van der Waals surface area contributed by atoms with Crippen molar-refractivity contribution in [2.45, 2.75) is 6.54 Å². The second-order valence-electron chi connectivity index (χ2n) is 4.91. The number of thiophene rings is 1. The van der Waals surface area contributed by atoms with Crippen molar-refractivity contribution in [1.29, 1.82) is 0 Å². The minimum atomic E-state index is -0.371. The quantitative estimate of drug-likeness (QED) is 0.656. The monoisotopic (exact) mass is 404 g/mol. The second-order valence-corrected chi connectivity index (χ2v) is 7.38. The molecule has 0 aliphatic heterocycles. The van der Waals surface area contributed by atoms with E-state index in [-0.39, 0.29) is 11.8 Å². The second kappa shape index (κ2) is 7.41. The maximum Gasteiger partial charge on any atom is 0.279 e. The summed E-state index contributed by atoms with van der Waals surface area (Å²) in [6.07, 6.45) is 3.59. The smallest absolute Gasteiger partial charge is 0.268 e. The molecule has 24 heavy (non-hydrogen) atoms. The zero-order valence-corrected chi connectivity index (χ0v) is 14.8. The third kappa shape index (κ3) is 4.09. The van der Waals surface area contributed by atoms with Crippen molar-refractivity contribution in [2.75, 3.05) is 0 Å². The van der Waals surface area contributed by atoms with E-state index in [2.05, 4.69) is 31.9 Å². The first-order valence-corrected chi connectivity index (χ1v) is 8.65. The van der Waals surface area contributed by atoms with Crippen molar-refractivity contribution in [3.05, 3.63) is 74.6 Å². The zero-order chi connectivity index (χ0) is 16.9. The van der Waals surface area contributed by atoms with Gasteiger partial charge in [0.05, 0.1) is 15.2 Å². The fourth-order valence-corrected chi connectivity index (χ4v) is 3.31. The van der Waals surface area contributed by atoms with Gasteiger partial charge in [0, 0.05) is 18.0 Å². The first kappa shape index (κ1) is 16.4. The van der Waals surface area contributed by atoms with Gasteiger partial charge in [0.15, 0.2) is 0 Å². The third-order valence-corrected chi connectivity index (χ3v) is 4.83. The van der Waals surface area contributed by atoms with Crippen molar-refractivity contribution in [1.82, 2.24) is 20.6 Å². The van der Waals surface area contributed by atoms with Crippen LogP contribution in [0.25, 0.3) is 0 Å². The van der Waals surface area contributed by atoms with Crippen molar-refractivity contribution in [3.63, 3.8) is 0 Å².